The van der Waals surface area contributed by atoms with E-state index in [9.17, 15) is 4.79 Å². The van der Waals surface area contributed by atoms with Crippen molar-refractivity contribution in [2.24, 2.45) is 0 Å². The Morgan fingerprint density at radius 3 is 2.83 bits per heavy atom. The molecule has 0 bridgehead atoms. The minimum atomic E-state index is -0.216. The van der Waals surface area contributed by atoms with Gasteiger partial charge in [-0.25, -0.2) is 0 Å². The molecule has 0 fully saturated rings. The Morgan fingerprint density at radius 2 is 2.04 bits per heavy atom. The highest BCUT2D eigenvalue weighted by Gasteiger charge is 2.06. The fourth-order valence-electron chi connectivity index (χ4n) is 2.04. The molecule has 1 N–H and O–H groups in total. The molecule has 0 unspecified atom stereocenters. The van der Waals surface area contributed by atoms with Crippen LogP contribution < -0.4 is 5.32 Å². The zero-order valence-corrected chi connectivity index (χ0v) is 12.9. The van der Waals surface area contributed by atoms with Crippen LogP contribution in [0.5, 0.6) is 0 Å². The Hall–Kier alpha value is -2.72. The van der Waals surface area contributed by atoms with E-state index >= 15 is 0 Å². The van der Waals surface area contributed by atoms with Crippen LogP contribution in [0.15, 0.2) is 69.9 Å². The van der Waals surface area contributed by atoms with Crippen molar-refractivity contribution in [3.8, 4) is 11.3 Å². The van der Waals surface area contributed by atoms with E-state index in [4.69, 9.17) is 20.4 Å². The van der Waals surface area contributed by atoms with E-state index < -0.39 is 0 Å². The van der Waals surface area contributed by atoms with Crippen LogP contribution in [0.4, 0.5) is 0 Å². The number of halogens is 1. The third kappa shape index (κ3) is 3.93. The molecule has 0 saturated heterocycles. The van der Waals surface area contributed by atoms with Crippen LogP contribution >= 0.6 is 11.6 Å². The number of rotatable bonds is 5. The highest BCUT2D eigenvalue weighted by atomic mass is 35.5. The van der Waals surface area contributed by atoms with Crippen LogP contribution in [0, 0.1) is 0 Å². The number of furan rings is 2. The summed E-state index contributed by atoms with van der Waals surface area (Å²) >= 11 is 6.03. The Labute approximate surface area is 138 Å². The molecule has 116 valence electrons. The lowest BCUT2D eigenvalue weighted by Gasteiger charge is -2.00. The standard InChI is InChI=1S/C18H14ClNO3/c19-16-4-2-1-3-13(16)5-8-18(21)20-11-15-6-7-17(23-15)14-9-10-22-12-14/h1-10,12H,11H2,(H,20,21). The number of carbonyl (C=O) groups is 1. The van der Waals surface area contributed by atoms with E-state index in [1.54, 1.807) is 24.7 Å². The van der Waals surface area contributed by atoms with E-state index in [0.717, 1.165) is 11.1 Å². The first-order valence-corrected chi connectivity index (χ1v) is 7.42. The van der Waals surface area contributed by atoms with Gasteiger partial charge in [0.25, 0.3) is 0 Å². The van der Waals surface area contributed by atoms with Gasteiger partial charge in [0, 0.05) is 11.1 Å². The lowest BCUT2D eigenvalue weighted by molar-refractivity contribution is -0.116. The highest BCUT2D eigenvalue weighted by Crippen LogP contribution is 2.22. The van der Waals surface area contributed by atoms with E-state index in [2.05, 4.69) is 5.32 Å². The summed E-state index contributed by atoms with van der Waals surface area (Å²) in [4.78, 5) is 11.8. The molecule has 1 aromatic carbocycles. The molecular weight excluding hydrogens is 314 g/mol. The molecule has 3 aromatic rings. The second-order valence-electron chi connectivity index (χ2n) is 4.85. The van der Waals surface area contributed by atoms with Crippen molar-refractivity contribution in [2.75, 3.05) is 0 Å². The first-order valence-electron chi connectivity index (χ1n) is 7.04. The molecule has 3 rings (SSSR count). The fourth-order valence-corrected chi connectivity index (χ4v) is 2.24. The summed E-state index contributed by atoms with van der Waals surface area (Å²) in [6.45, 7) is 0.309. The molecule has 4 nitrogen and oxygen atoms in total. The number of carbonyl (C=O) groups excluding carboxylic acids is 1. The zero-order valence-electron chi connectivity index (χ0n) is 12.2. The van der Waals surface area contributed by atoms with E-state index in [0.29, 0.717) is 23.1 Å². The van der Waals surface area contributed by atoms with E-state index in [1.165, 1.54) is 6.08 Å². The average molecular weight is 328 g/mol. The summed E-state index contributed by atoms with van der Waals surface area (Å²) in [5.74, 6) is 1.15. The van der Waals surface area contributed by atoms with Crippen molar-refractivity contribution in [2.45, 2.75) is 6.54 Å². The summed E-state index contributed by atoms with van der Waals surface area (Å²) in [5.41, 5.74) is 1.66. The number of hydrogen-bond acceptors (Lipinski definition) is 3. The Balaban J connectivity index is 1.56. The first kappa shape index (κ1) is 15.2. The zero-order chi connectivity index (χ0) is 16.1. The maximum atomic E-state index is 11.8. The van der Waals surface area contributed by atoms with Crippen LogP contribution in [0.2, 0.25) is 5.02 Å². The van der Waals surface area contributed by atoms with Gasteiger partial charge in [-0.15, -0.1) is 0 Å². The number of hydrogen-bond donors (Lipinski definition) is 1. The van der Waals surface area contributed by atoms with Gasteiger partial charge in [-0.05, 0) is 35.9 Å². The lowest BCUT2D eigenvalue weighted by Crippen LogP contribution is -2.19. The molecule has 0 aliphatic carbocycles. The minimum Gasteiger partial charge on any atom is -0.472 e. The van der Waals surface area contributed by atoms with Crippen molar-refractivity contribution in [1.82, 2.24) is 5.32 Å². The molecule has 2 aromatic heterocycles. The maximum absolute atomic E-state index is 11.8. The van der Waals surface area contributed by atoms with Gasteiger partial charge in [-0.1, -0.05) is 29.8 Å². The predicted octanol–water partition coefficient (Wildman–Crippen LogP) is 4.52. The second kappa shape index (κ2) is 7.03. The summed E-state index contributed by atoms with van der Waals surface area (Å²) in [7, 11) is 0. The van der Waals surface area contributed by atoms with E-state index in [1.807, 2.05) is 36.4 Å². The maximum Gasteiger partial charge on any atom is 0.244 e. The van der Waals surface area contributed by atoms with Crippen LogP contribution in [-0.2, 0) is 11.3 Å². The Morgan fingerprint density at radius 1 is 1.17 bits per heavy atom. The smallest absolute Gasteiger partial charge is 0.244 e. The van der Waals surface area contributed by atoms with Crippen LogP contribution in [0.25, 0.3) is 17.4 Å². The quantitative estimate of drug-likeness (QED) is 0.701. The first-order chi connectivity index (χ1) is 11.2. The molecule has 23 heavy (non-hydrogen) atoms. The minimum absolute atomic E-state index is 0.216. The van der Waals surface area contributed by atoms with Gasteiger partial charge in [0.05, 0.1) is 18.4 Å². The molecule has 0 atom stereocenters. The molecule has 0 saturated carbocycles. The summed E-state index contributed by atoms with van der Waals surface area (Å²) in [6.07, 6.45) is 6.31. The SMILES string of the molecule is O=C(C=Cc1ccccc1Cl)NCc1ccc(-c2ccoc2)o1. The summed E-state index contributed by atoms with van der Waals surface area (Å²) in [6, 6.07) is 12.8. The Kier molecular flexibility index (Phi) is 4.64. The van der Waals surface area contributed by atoms with Gasteiger partial charge in [-0.3, -0.25) is 4.79 Å². The highest BCUT2D eigenvalue weighted by molar-refractivity contribution is 6.32. The Bertz CT molecular complexity index is 818. The van der Waals surface area contributed by atoms with Crippen molar-refractivity contribution in [3.63, 3.8) is 0 Å². The fraction of sp³-hybridized carbons (Fsp3) is 0.0556. The molecule has 0 radical (unpaired) electrons. The number of amides is 1. The van der Waals surface area contributed by atoms with Crippen molar-refractivity contribution in [3.05, 3.63) is 77.4 Å². The van der Waals surface area contributed by atoms with Crippen LogP contribution in [-0.4, -0.2) is 5.91 Å². The van der Waals surface area contributed by atoms with Gasteiger partial charge in [0.15, 0.2) is 0 Å². The van der Waals surface area contributed by atoms with Gasteiger partial charge >= 0.3 is 0 Å². The predicted molar refractivity (Wildman–Crippen MR) is 88.7 cm³/mol. The van der Waals surface area contributed by atoms with Crippen molar-refractivity contribution in [1.29, 1.82) is 0 Å². The van der Waals surface area contributed by atoms with Gasteiger partial charge in [-0.2, -0.15) is 0 Å². The monoisotopic (exact) mass is 327 g/mol. The number of nitrogens with one attached hydrogen (secondary N) is 1. The molecule has 2 heterocycles. The third-order valence-electron chi connectivity index (χ3n) is 3.22. The number of benzene rings is 1. The molecule has 0 spiro atoms. The van der Waals surface area contributed by atoms with E-state index in [-0.39, 0.29) is 5.91 Å². The normalized spacial score (nSPS) is 11.0. The molecular formula is C18H14ClNO3. The topological polar surface area (TPSA) is 55.4 Å². The summed E-state index contributed by atoms with van der Waals surface area (Å²) < 4.78 is 10.7. The van der Waals surface area contributed by atoms with Gasteiger partial charge in [0.2, 0.25) is 5.91 Å². The second-order valence-corrected chi connectivity index (χ2v) is 5.26. The third-order valence-corrected chi connectivity index (χ3v) is 3.57. The largest absolute Gasteiger partial charge is 0.472 e. The molecule has 0 aliphatic rings. The van der Waals surface area contributed by atoms with Crippen molar-refractivity contribution >= 4 is 23.6 Å². The van der Waals surface area contributed by atoms with Crippen LogP contribution in [0.1, 0.15) is 11.3 Å². The lowest BCUT2D eigenvalue weighted by atomic mass is 10.2. The molecule has 0 aliphatic heterocycles. The molecule has 1 amide bonds. The summed E-state index contributed by atoms with van der Waals surface area (Å²) in [5, 5.41) is 3.37. The van der Waals surface area contributed by atoms with Gasteiger partial charge < -0.3 is 14.2 Å². The van der Waals surface area contributed by atoms with Crippen LogP contribution in [0.3, 0.4) is 0 Å². The molecule has 5 heteroatoms. The van der Waals surface area contributed by atoms with Crippen molar-refractivity contribution < 1.29 is 13.6 Å². The van der Waals surface area contributed by atoms with Gasteiger partial charge in [0.1, 0.15) is 17.8 Å². The average Bonchev–Trinajstić information content (AvgIpc) is 3.23.